The van der Waals surface area contributed by atoms with E-state index in [1.165, 1.54) is 24.1 Å². The number of rotatable bonds is 2. The van der Waals surface area contributed by atoms with Gasteiger partial charge >= 0.3 is 0 Å². The number of hydrazone groups is 1. The second kappa shape index (κ2) is 7.65. The van der Waals surface area contributed by atoms with Crippen molar-refractivity contribution < 1.29 is 4.57 Å². The van der Waals surface area contributed by atoms with Crippen LogP contribution >= 0.6 is 7.44 Å². The van der Waals surface area contributed by atoms with Crippen LogP contribution in [-0.4, -0.2) is 31.0 Å². The highest BCUT2D eigenvalue weighted by Gasteiger charge is 2.51. The number of benzene rings is 2. The van der Waals surface area contributed by atoms with Gasteiger partial charge in [-0.05, 0) is 36.6 Å². The van der Waals surface area contributed by atoms with Gasteiger partial charge < -0.3 is 4.90 Å². The number of likely N-dealkylation sites (N-methyl/N-ethyl adjacent to an activating group) is 1. The van der Waals surface area contributed by atoms with Crippen LogP contribution in [0, 0.1) is 0 Å². The van der Waals surface area contributed by atoms with Gasteiger partial charge in [0.05, 0.1) is 17.2 Å². The van der Waals surface area contributed by atoms with Crippen molar-refractivity contribution in [2.24, 2.45) is 5.10 Å². The predicted molar refractivity (Wildman–Crippen MR) is 130 cm³/mol. The van der Waals surface area contributed by atoms with Crippen LogP contribution in [0.5, 0.6) is 0 Å². The summed E-state index contributed by atoms with van der Waals surface area (Å²) in [6.07, 6.45) is 6.43. The molecule has 5 nitrogen and oxygen atoms in total. The maximum atomic E-state index is 15.2. The molecule has 3 aliphatic heterocycles. The van der Waals surface area contributed by atoms with Crippen molar-refractivity contribution in [1.82, 2.24) is 4.67 Å². The summed E-state index contributed by atoms with van der Waals surface area (Å²) < 4.78 is 19.2. The second-order valence-electron chi connectivity index (χ2n) is 9.22. The zero-order chi connectivity index (χ0) is 21.6. The summed E-state index contributed by atoms with van der Waals surface area (Å²) in [7, 11) is -1.03. The first-order chi connectivity index (χ1) is 15.0. The molecule has 0 aliphatic carbocycles. The summed E-state index contributed by atoms with van der Waals surface area (Å²) >= 11 is 0. The molecule has 3 heterocycles. The molecule has 1 fully saturated rings. The Morgan fingerprint density at radius 1 is 0.903 bits per heavy atom. The Morgan fingerprint density at radius 2 is 1.55 bits per heavy atom. The van der Waals surface area contributed by atoms with E-state index in [1.54, 1.807) is 0 Å². The maximum absolute atomic E-state index is 15.2. The Hall–Kier alpha value is -2.36. The van der Waals surface area contributed by atoms with E-state index in [2.05, 4.69) is 54.7 Å². The molecule has 0 aromatic heterocycles. The molecule has 0 N–H and O–H groups in total. The van der Waals surface area contributed by atoms with Gasteiger partial charge in [-0.25, -0.2) is 4.67 Å². The standard InChI is InChI=1S/C25H31N4OP/c1-25(2)21-15-9-10-16-22(21)27(3)24(25)23-19-26-29(20-13-7-6-8-14-20)31(23,30)28-17-11-4-5-12-18-28/h6-10,13-16,19H,4-5,11-12,17-18H2,1-3H3/b24-23-/t31-/m0/s1. The predicted octanol–water partition coefficient (Wildman–Crippen LogP) is 6.20. The second-order valence-corrected chi connectivity index (χ2v) is 11.7. The molecule has 2 aromatic carbocycles. The quantitative estimate of drug-likeness (QED) is 0.528. The Kier molecular flexibility index (Phi) is 5.07. The third kappa shape index (κ3) is 3.09. The van der Waals surface area contributed by atoms with Crippen LogP contribution in [0.1, 0.15) is 45.1 Å². The molecule has 0 bridgehead atoms. The molecule has 0 unspecified atom stereocenters. The Morgan fingerprint density at radius 3 is 2.23 bits per heavy atom. The third-order valence-corrected chi connectivity index (χ3v) is 9.89. The van der Waals surface area contributed by atoms with Crippen molar-refractivity contribution in [3.05, 3.63) is 71.2 Å². The fourth-order valence-electron chi connectivity index (χ4n) is 5.39. The summed E-state index contributed by atoms with van der Waals surface area (Å²) in [5, 5.41) is 5.65. The van der Waals surface area contributed by atoms with Crippen LogP contribution in [0.15, 0.2) is 70.7 Å². The summed E-state index contributed by atoms with van der Waals surface area (Å²) in [6.45, 7) is 6.17. The van der Waals surface area contributed by atoms with Crippen molar-refractivity contribution in [2.75, 3.05) is 29.8 Å². The van der Waals surface area contributed by atoms with Gasteiger partial charge in [0.15, 0.2) is 0 Å². The summed E-state index contributed by atoms with van der Waals surface area (Å²) in [5.41, 5.74) is 4.19. The van der Waals surface area contributed by atoms with Crippen LogP contribution in [0.2, 0.25) is 0 Å². The molecule has 1 saturated heterocycles. The molecule has 5 rings (SSSR count). The number of allylic oxidation sites excluding steroid dienone is 2. The molecule has 0 radical (unpaired) electrons. The van der Waals surface area contributed by atoms with Crippen LogP contribution in [0.25, 0.3) is 0 Å². The Balaban J connectivity index is 1.71. The summed E-state index contributed by atoms with van der Waals surface area (Å²) in [6, 6.07) is 18.5. The van der Waals surface area contributed by atoms with E-state index >= 15 is 4.57 Å². The first-order valence-corrected chi connectivity index (χ1v) is 12.9. The van der Waals surface area contributed by atoms with E-state index in [9.17, 15) is 0 Å². The fourth-order valence-corrected chi connectivity index (χ4v) is 8.51. The molecule has 6 heteroatoms. The van der Waals surface area contributed by atoms with Gasteiger partial charge in [0.2, 0.25) is 0 Å². The zero-order valence-corrected chi connectivity index (χ0v) is 19.6. The average molecular weight is 435 g/mol. The molecular weight excluding hydrogens is 403 g/mol. The molecular formula is C25H31N4OP. The van der Waals surface area contributed by atoms with Crippen LogP contribution in [0.3, 0.4) is 0 Å². The maximum Gasteiger partial charge on any atom is 0.292 e. The third-order valence-electron chi connectivity index (χ3n) is 6.92. The van der Waals surface area contributed by atoms with Crippen molar-refractivity contribution >= 4 is 25.0 Å². The average Bonchev–Trinajstić information content (AvgIpc) is 3.05. The lowest BCUT2D eigenvalue weighted by Gasteiger charge is -2.36. The highest BCUT2D eigenvalue weighted by atomic mass is 31.2. The molecule has 1 atom stereocenters. The molecule has 162 valence electrons. The van der Waals surface area contributed by atoms with Crippen molar-refractivity contribution in [1.29, 1.82) is 0 Å². The number of nitrogens with zero attached hydrogens (tertiary/aromatic N) is 4. The first-order valence-electron chi connectivity index (χ1n) is 11.3. The van der Waals surface area contributed by atoms with Gasteiger partial charge in [-0.1, -0.05) is 63.1 Å². The minimum atomic E-state index is -3.13. The van der Waals surface area contributed by atoms with Gasteiger partial charge in [0, 0.05) is 36.9 Å². The monoisotopic (exact) mass is 434 g/mol. The highest BCUT2D eigenvalue weighted by Crippen LogP contribution is 2.67. The smallest absolute Gasteiger partial charge is 0.292 e. The summed E-state index contributed by atoms with van der Waals surface area (Å²) in [4.78, 5) is 2.23. The number of anilines is 2. The van der Waals surface area contributed by atoms with Gasteiger partial charge in [0.1, 0.15) is 0 Å². The lowest BCUT2D eigenvalue weighted by Crippen LogP contribution is -2.32. The van der Waals surface area contributed by atoms with Gasteiger partial charge in [-0.3, -0.25) is 4.57 Å². The highest BCUT2D eigenvalue weighted by molar-refractivity contribution is 7.69. The topological polar surface area (TPSA) is 39.1 Å². The molecule has 0 saturated carbocycles. The lowest BCUT2D eigenvalue weighted by molar-refractivity contribution is 0.425. The molecule has 3 aliphatic rings. The summed E-state index contributed by atoms with van der Waals surface area (Å²) in [5.74, 6) is 0. The van der Waals surface area contributed by atoms with Crippen LogP contribution in [-0.2, 0) is 9.98 Å². The first kappa shape index (κ1) is 20.5. The number of para-hydroxylation sites is 2. The van der Waals surface area contributed by atoms with Gasteiger partial charge in [-0.2, -0.15) is 9.88 Å². The lowest BCUT2D eigenvalue weighted by atomic mass is 9.84. The SMILES string of the molecule is CN1/C(=C2/C=NN(c3ccccc3)[P@@]2(=O)N2CCCCCC2)C(C)(C)c2ccccc21. The molecule has 0 spiro atoms. The molecule has 2 aromatic rings. The van der Waals surface area contributed by atoms with E-state index in [0.29, 0.717) is 0 Å². The molecule has 0 amide bonds. The van der Waals surface area contributed by atoms with E-state index in [4.69, 9.17) is 5.10 Å². The minimum absolute atomic E-state index is 0.249. The minimum Gasteiger partial charge on any atom is -0.346 e. The Bertz CT molecular complexity index is 1080. The normalized spacial score (nSPS) is 28.1. The van der Waals surface area contributed by atoms with E-state index in [0.717, 1.165) is 42.6 Å². The number of hydrogen-bond donors (Lipinski definition) is 0. The van der Waals surface area contributed by atoms with Gasteiger partial charge in [-0.15, -0.1) is 0 Å². The zero-order valence-electron chi connectivity index (χ0n) is 18.7. The van der Waals surface area contributed by atoms with Crippen LogP contribution in [0.4, 0.5) is 11.4 Å². The van der Waals surface area contributed by atoms with Crippen molar-refractivity contribution in [3.8, 4) is 0 Å². The van der Waals surface area contributed by atoms with E-state index < -0.39 is 7.44 Å². The van der Waals surface area contributed by atoms with Crippen molar-refractivity contribution in [3.63, 3.8) is 0 Å². The van der Waals surface area contributed by atoms with Gasteiger partial charge in [0.25, 0.3) is 7.44 Å². The Labute approximate surface area is 185 Å². The number of hydrogen-bond acceptors (Lipinski definition) is 3. The fraction of sp³-hybridized carbons (Fsp3) is 0.400. The van der Waals surface area contributed by atoms with Crippen LogP contribution < -0.4 is 9.68 Å². The molecule has 31 heavy (non-hydrogen) atoms. The number of fused-ring (bicyclic) bond motifs is 1. The van der Waals surface area contributed by atoms with E-state index in [1.807, 2.05) is 41.3 Å². The van der Waals surface area contributed by atoms with Crippen molar-refractivity contribution in [2.45, 2.75) is 44.9 Å². The van der Waals surface area contributed by atoms with E-state index in [-0.39, 0.29) is 5.41 Å². The largest absolute Gasteiger partial charge is 0.346 e.